The third kappa shape index (κ3) is 5.48. The SMILES string of the molecule is C=C(O)C1C(CCCCC)CC2O[C@@](C)(CCCC(C)C)CCC2C1O. The summed E-state index contributed by atoms with van der Waals surface area (Å²) in [6, 6.07) is 0. The minimum atomic E-state index is -0.516. The summed E-state index contributed by atoms with van der Waals surface area (Å²) in [6.07, 6.45) is 10.7. The molecule has 6 atom stereocenters. The molecule has 1 aliphatic heterocycles. The Morgan fingerprint density at radius 3 is 2.62 bits per heavy atom. The van der Waals surface area contributed by atoms with Crippen molar-refractivity contribution in [1.82, 2.24) is 0 Å². The summed E-state index contributed by atoms with van der Waals surface area (Å²) < 4.78 is 6.62. The number of unbranched alkanes of at least 4 members (excludes halogenated alkanes) is 2. The van der Waals surface area contributed by atoms with Gasteiger partial charge in [0, 0.05) is 11.8 Å². The molecule has 0 bridgehead atoms. The average molecular weight is 367 g/mol. The summed E-state index contributed by atoms with van der Waals surface area (Å²) in [5.41, 5.74) is -0.0488. The van der Waals surface area contributed by atoms with Crippen molar-refractivity contribution in [2.45, 2.75) is 110 Å². The van der Waals surface area contributed by atoms with Gasteiger partial charge in [0.25, 0.3) is 0 Å². The number of ether oxygens (including phenoxy) is 1. The lowest BCUT2D eigenvalue weighted by Crippen LogP contribution is -2.54. The molecule has 1 saturated carbocycles. The van der Waals surface area contributed by atoms with E-state index in [1.54, 1.807) is 0 Å². The fourth-order valence-corrected chi connectivity index (χ4v) is 5.26. The van der Waals surface area contributed by atoms with Crippen LogP contribution in [0.25, 0.3) is 0 Å². The van der Waals surface area contributed by atoms with Crippen LogP contribution in [0, 0.1) is 23.7 Å². The van der Waals surface area contributed by atoms with E-state index >= 15 is 0 Å². The van der Waals surface area contributed by atoms with Gasteiger partial charge < -0.3 is 14.9 Å². The van der Waals surface area contributed by atoms with Gasteiger partial charge >= 0.3 is 0 Å². The molecule has 26 heavy (non-hydrogen) atoms. The zero-order valence-electron chi connectivity index (χ0n) is 17.5. The second-order valence-electron chi connectivity index (χ2n) is 9.59. The van der Waals surface area contributed by atoms with Gasteiger partial charge in [-0.05, 0) is 50.9 Å². The van der Waals surface area contributed by atoms with Gasteiger partial charge in [-0.15, -0.1) is 0 Å². The van der Waals surface area contributed by atoms with Gasteiger partial charge in [0.2, 0.25) is 0 Å². The summed E-state index contributed by atoms with van der Waals surface area (Å²) in [5, 5.41) is 21.1. The summed E-state index contributed by atoms with van der Waals surface area (Å²) >= 11 is 0. The number of aliphatic hydroxyl groups is 2. The Morgan fingerprint density at radius 1 is 1.27 bits per heavy atom. The van der Waals surface area contributed by atoms with Crippen LogP contribution < -0.4 is 0 Å². The molecule has 3 heteroatoms. The van der Waals surface area contributed by atoms with Crippen LogP contribution in [-0.2, 0) is 4.74 Å². The average Bonchev–Trinajstić information content (AvgIpc) is 2.54. The molecule has 0 spiro atoms. The predicted octanol–water partition coefficient (Wildman–Crippen LogP) is 6.02. The van der Waals surface area contributed by atoms with E-state index in [1.165, 1.54) is 25.7 Å². The number of rotatable bonds is 9. The first-order chi connectivity index (χ1) is 12.3. The van der Waals surface area contributed by atoms with Crippen molar-refractivity contribution in [3.8, 4) is 0 Å². The maximum atomic E-state index is 11.0. The van der Waals surface area contributed by atoms with Gasteiger partial charge in [0.05, 0.1) is 23.6 Å². The monoisotopic (exact) mass is 366 g/mol. The Kier molecular flexibility index (Phi) is 8.03. The van der Waals surface area contributed by atoms with Crippen LogP contribution in [0.3, 0.4) is 0 Å². The smallest absolute Gasteiger partial charge is 0.0910 e. The third-order valence-corrected chi connectivity index (χ3v) is 6.82. The molecular formula is C23H42O3. The Balaban J connectivity index is 2.02. The summed E-state index contributed by atoms with van der Waals surface area (Å²) in [6.45, 7) is 12.8. The maximum Gasteiger partial charge on any atom is 0.0910 e. The highest BCUT2D eigenvalue weighted by Gasteiger charge is 2.50. The Hall–Kier alpha value is -0.540. The molecule has 3 nitrogen and oxygen atoms in total. The van der Waals surface area contributed by atoms with E-state index in [-0.39, 0.29) is 35.2 Å². The normalized spacial score (nSPS) is 37.5. The number of aliphatic hydroxyl groups excluding tert-OH is 2. The highest BCUT2D eigenvalue weighted by molar-refractivity contribution is 5.06. The van der Waals surface area contributed by atoms with E-state index < -0.39 is 6.10 Å². The quantitative estimate of drug-likeness (QED) is 0.388. The topological polar surface area (TPSA) is 49.7 Å². The van der Waals surface area contributed by atoms with Crippen LogP contribution in [0.1, 0.15) is 91.9 Å². The summed E-state index contributed by atoms with van der Waals surface area (Å²) in [7, 11) is 0. The first kappa shape index (κ1) is 21.8. The molecule has 2 N–H and O–H groups in total. The third-order valence-electron chi connectivity index (χ3n) is 6.82. The van der Waals surface area contributed by atoms with E-state index in [0.29, 0.717) is 0 Å². The molecule has 0 aromatic carbocycles. The van der Waals surface area contributed by atoms with Crippen LogP contribution >= 0.6 is 0 Å². The molecule has 0 aromatic rings. The molecule has 1 saturated heterocycles. The van der Waals surface area contributed by atoms with Gasteiger partial charge in [-0.1, -0.05) is 59.5 Å². The Labute approximate surface area is 161 Å². The van der Waals surface area contributed by atoms with Gasteiger partial charge in [0.1, 0.15) is 0 Å². The lowest BCUT2D eigenvalue weighted by Gasteiger charge is -2.51. The second kappa shape index (κ2) is 9.59. The first-order valence-corrected chi connectivity index (χ1v) is 11.0. The molecule has 1 heterocycles. The molecule has 0 amide bonds. The molecule has 1 aliphatic carbocycles. The summed E-state index contributed by atoms with van der Waals surface area (Å²) in [4.78, 5) is 0. The van der Waals surface area contributed by atoms with Crippen LogP contribution in [-0.4, -0.2) is 28.0 Å². The van der Waals surface area contributed by atoms with Gasteiger partial charge in [-0.2, -0.15) is 0 Å². The Morgan fingerprint density at radius 2 is 2.00 bits per heavy atom. The van der Waals surface area contributed by atoms with Gasteiger partial charge in [-0.3, -0.25) is 0 Å². The highest BCUT2D eigenvalue weighted by atomic mass is 16.5. The number of hydrogen-bond donors (Lipinski definition) is 2. The van der Waals surface area contributed by atoms with Crippen LogP contribution in [0.15, 0.2) is 12.3 Å². The summed E-state index contributed by atoms with van der Waals surface area (Å²) in [5.74, 6) is 1.16. The van der Waals surface area contributed by atoms with Crippen LogP contribution in [0.4, 0.5) is 0 Å². The molecule has 152 valence electrons. The van der Waals surface area contributed by atoms with Crippen molar-refractivity contribution >= 4 is 0 Å². The van der Waals surface area contributed by atoms with Gasteiger partial charge in [-0.25, -0.2) is 0 Å². The van der Waals surface area contributed by atoms with Crippen molar-refractivity contribution in [1.29, 1.82) is 0 Å². The predicted molar refractivity (Wildman–Crippen MR) is 108 cm³/mol. The van der Waals surface area contributed by atoms with E-state index in [9.17, 15) is 10.2 Å². The fourth-order valence-electron chi connectivity index (χ4n) is 5.26. The first-order valence-electron chi connectivity index (χ1n) is 11.0. The highest BCUT2D eigenvalue weighted by Crippen LogP contribution is 2.48. The van der Waals surface area contributed by atoms with E-state index in [2.05, 4.69) is 34.3 Å². The van der Waals surface area contributed by atoms with Crippen molar-refractivity contribution in [2.75, 3.05) is 0 Å². The van der Waals surface area contributed by atoms with Crippen molar-refractivity contribution < 1.29 is 14.9 Å². The van der Waals surface area contributed by atoms with E-state index in [0.717, 1.165) is 44.4 Å². The molecule has 2 rings (SSSR count). The molecule has 2 aliphatic rings. The molecular weight excluding hydrogens is 324 g/mol. The van der Waals surface area contributed by atoms with Gasteiger partial charge in [0.15, 0.2) is 0 Å². The number of hydrogen-bond acceptors (Lipinski definition) is 3. The van der Waals surface area contributed by atoms with Crippen molar-refractivity contribution in [3.63, 3.8) is 0 Å². The largest absolute Gasteiger partial charge is 0.513 e. The fraction of sp³-hybridized carbons (Fsp3) is 0.913. The zero-order chi connectivity index (χ0) is 19.3. The lowest BCUT2D eigenvalue weighted by molar-refractivity contribution is -0.202. The minimum absolute atomic E-state index is 0.0488. The van der Waals surface area contributed by atoms with Crippen molar-refractivity contribution in [3.05, 3.63) is 12.3 Å². The lowest BCUT2D eigenvalue weighted by atomic mass is 9.65. The second-order valence-corrected chi connectivity index (χ2v) is 9.59. The minimum Gasteiger partial charge on any atom is -0.513 e. The number of fused-ring (bicyclic) bond motifs is 1. The Bertz CT molecular complexity index is 447. The van der Waals surface area contributed by atoms with Crippen molar-refractivity contribution in [2.24, 2.45) is 23.7 Å². The molecule has 0 aromatic heterocycles. The molecule has 5 unspecified atom stereocenters. The molecule has 0 radical (unpaired) electrons. The van der Waals surface area contributed by atoms with Crippen LogP contribution in [0.5, 0.6) is 0 Å². The van der Waals surface area contributed by atoms with E-state index in [1.807, 2.05) is 0 Å². The van der Waals surface area contributed by atoms with Crippen LogP contribution in [0.2, 0.25) is 0 Å². The zero-order valence-corrected chi connectivity index (χ0v) is 17.5. The maximum absolute atomic E-state index is 11.0. The molecule has 2 fully saturated rings. The van der Waals surface area contributed by atoms with E-state index in [4.69, 9.17) is 4.74 Å². The standard InChI is InChI=1S/C23H42O3/c1-6-7-8-11-18-15-20-19(22(25)21(18)17(4)24)12-14-23(5,26-20)13-9-10-16(2)3/h16,18-22,24-25H,4,6-15H2,1-3,5H3/t18?,19?,20?,21?,22?,23-/m0/s1.